The lowest BCUT2D eigenvalue weighted by atomic mass is 10.2. The predicted octanol–water partition coefficient (Wildman–Crippen LogP) is 3.71. The van der Waals surface area contributed by atoms with Crippen LogP contribution in [-0.2, 0) is 11.4 Å². The molecule has 0 bridgehead atoms. The lowest BCUT2D eigenvalue weighted by molar-refractivity contribution is -0.113. The van der Waals surface area contributed by atoms with E-state index >= 15 is 0 Å². The first-order valence-electron chi connectivity index (χ1n) is 6.43. The molecular weight excluding hydrogens is 289 g/mol. The van der Waals surface area contributed by atoms with Crippen molar-refractivity contribution in [2.45, 2.75) is 6.61 Å². The molecule has 0 fully saturated rings. The Balaban J connectivity index is 1.89. The molecule has 0 aromatic heterocycles. The van der Waals surface area contributed by atoms with Gasteiger partial charge in [0.1, 0.15) is 18.2 Å². The lowest BCUT2D eigenvalue weighted by Gasteiger charge is -2.08. The summed E-state index contributed by atoms with van der Waals surface area (Å²) in [5.41, 5.74) is 1.50. The zero-order chi connectivity index (χ0) is 15.1. The van der Waals surface area contributed by atoms with Gasteiger partial charge in [-0.15, -0.1) is 0 Å². The van der Waals surface area contributed by atoms with Gasteiger partial charge in [0.05, 0.1) is 5.75 Å². The van der Waals surface area contributed by atoms with E-state index in [2.05, 4.69) is 5.32 Å². The van der Waals surface area contributed by atoms with E-state index in [0.717, 1.165) is 11.3 Å². The van der Waals surface area contributed by atoms with Crippen molar-refractivity contribution in [3.8, 4) is 5.75 Å². The van der Waals surface area contributed by atoms with Crippen molar-refractivity contribution < 1.29 is 13.9 Å². The van der Waals surface area contributed by atoms with Gasteiger partial charge in [0.15, 0.2) is 0 Å². The molecule has 0 aliphatic heterocycles. The summed E-state index contributed by atoms with van der Waals surface area (Å²) < 4.78 is 18.6. The third kappa shape index (κ3) is 5.11. The molecule has 0 aliphatic carbocycles. The van der Waals surface area contributed by atoms with Gasteiger partial charge in [-0.05, 0) is 48.2 Å². The molecule has 0 atom stereocenters. The normalized spacial score (nSPS) is 10.2. The van der Waals surface area contributed by atoms with E-state index in [-0.39, 0.29) is 11.7 Å². The Morgan fingerprint density at radius 2 is 2.00 bits per heavy atom. The molecule has 1 N–H and O–H groups in total. The summed E-state index contributed by atoms with van der Waals surface area (Å²) in [6, 6.07) is 13.4. The number of benzene rings is 2. The first kappa shape index (κ1) is 15.4. The number of rotatable bonds is 6. The highest BCUT2D eigenvalue weighted by molar-refractivity contribution is 7.99. The molecule has 0 radical (unpaired) electrons. The van der Waals surface area contributed by atoms with Crippen LogP contribution >= 0.6 is 11.8 Å². The number of amides is 1. The molecule has 21 heavy (non-hydrogen) atoms. The maximum absolute atomic E-state index is 13.0. The van der Waals surface area contributed by atoms with E-state index in [0.29, 0.717) is 18.1 Å². The Morgan fingerprint density at radius 3 is 2.67 bits per heavy atom. The maximum atomic E-state index is 13.0. The van der Waals surface area contributed by atoms with Gasteiger partial charge in [-0.1, -0.05) is 12.1 Å². The summed E-state index contributed by atoms with van der Waals surface area (Å²) >= 11 is 1.47. The van der Waals surface area contributed by atoms with Gasteiger partial charge in [0.2, 0.25) is 5.91 Å². The Bertz CT molecular complexity index is 601. The van der Waals surface area contributed by atoms with Crippen LogP contribution in [0.2, 0.25) is 0 Å². The molecule has 5 heteroatoms. The highest BCUT2D eigenvalue weighted by Gasteiger charge is 2.02. The number of carbonyl (C=O) groups excluding carboxylic acids is 1. The standard InChI is InChI=1S/C16H16FNO2S/c1-21-11-16(19)18-14-5-7-15(8-6-14)20-10-12-3-2-4-13(17)9-12/h2-9H,10-11H2,1H3,(H,18,19). The molecule has 2 aromatic carbocycles. The molecule has 110 valence electrons. The van der Waals surface area contributed by atoms with Gasteiger partial charge >= 0.3 is 0 Å². The minimum atomic E-state index is -0.275. The monoisotopic (exact) mass is 305 g/mol. The quantitative estimate of drug-likeness (QED) is 0.884. The topological polar surface area (TPSA) is 38.3 Å². The molecule has 0 aliphatic rings. The molecule has 1 amide bonds. The van der Waals surface area contributed by atoms with Crippen LogP contribution in [0.1, 0.15) is 5.56 Å². The van der Waals surface area contributed by atoms with Crippen molar-refractivity contribution in [2.24, 2.45) is 0 Å². The Labute approximate surface area is 127 Å². The first-order chi connectivity index (χ1) is 10.2. The van der Waals surface area contributed by atoms with E-state index in [9.17, 15) is 9.18 Å². The SMILES string of the molecule is CSCC(=O)Nc1ccc(OCc2cccc(F)c2)cc1. The van der Waals surface area contributed by atoms with Crippen LogP contribution in [0.5, 0.6) is 5.75 Å². The van der Waals surface area contributed by atoms with Gasteiger partial charge < -0.3 is 10.1 Å². The fourth-order valence-corrected chi connectivity index (χ4v) is 2.09. The summed E-state index contributed by atoms with van der Waals surface area (Å²) in [7, 11) is 0. The highest BCUT2D eigenvalue weighted by Crippen LogP contribution is 2.17. The zero-order valence-electron chi connectivity index (χ0n) is 11.6. The van der Waals surface area contributed by atoms with E-state index in [1.54, 1.807) is 36.4 Å². The number of nitrogens with one attached hydrogen (secondary N) is 1. The minimum absolute atomic E-state index is 0.0315. The molecule has 0 heterocycles. The van der Waals surface area contributed by atoms with Crippen molar-refractivity contribution >= 4 is 23.4 Å². The Hall–Kier alpha value is -2.01. The fraction of sp³-hybridized carbons (Fsp3) is 0.188. The fourth-order valence-electron chi connectivity index (χ4n) is 1.76. The van der Waals surface area contributed by atoms with Gasteiger partial charge in [-0.3, -0.25) is 4.79 Å². The number of thioether (sulfide) groups is 1. The summed E-state index contributed by atoms with van der Waals surface area (Å²) in [6.07, 6.45) is 1.88. The predicted molar refractivity (Wildman–Crippen MR) is 84.2 cm³/mol. The first-order valence-corrected chi connectivity index (χ1v) is 7.83. The molecular formula is C16H16FNO2S. The summed E-state index contributed by atoms with van der Waals surface area (Å²) in [5, 5.41) is 2.79. The average molecular weight is 305 g/mol. The zero-order valence-corrected chi connectivity index (χ0v) is 12.5. The second-order valence-electron chi connectivity index (χ2n) is 4.42. The van der Waals surface area contributed by atoms with E-state index in [4.69, 9.17) is 4.74 Å². The summed E-state index contributed by atoms with van der Waals surface area (Å²) in [4.78, 5) is 11.4. The van der Waals surface area contributed by atoms with Crippen molar-refractivity contribution in [1.82, 2.24) is 0 Å². The minimum Gasteiger partial charge on any atom is -0.489 e. The molecule has 2 rings (SSSR count). The molecule has 0 saturated carbocycles. The molecule has 3 nitrogen and oxygen atoms in total. The lowest BCUT2D eigenvalue weighted by Crippen LogP contribution is -2.13. The van der Waals surface area contributed by atoms with Crippen LogP contribution in [0.25, 0.3) is 0 Å². The smallest absolute Gasteiger partial charge is 0.234 e. The van der Waals surface area contributed by atoms with Crippen LogP contribution in [-0.4, -0.2) is 17.9 Å². The van der Waals surface area contributed by atoms with Crippen LogP contribution in [0, 0.1) is 5.82 Å². The summed E-state index contributed by atoms with van der Waals surface area (Å²) in [5.74, 6) is 0.790. The highest BCUT2D eigenvalue weighted by atomic mass is 32.2. The number of anilines is 1. The van der Waals surface area contributed by atoms with Crippen LogP contribution in [0.3, 0.4) is 0 Å². The number of halogens is 1. The van der Waals surface area contributed by atoms with Gasteiger partial charge in [-0.25, -0.2) is 4.39 Å². The van der Waals surface area contributed by atoms with Gasteiger partial charge in [0.25, 0.3) is 0 Å². The Morgan fingerprint density at radius 1 is 1.24 bits per heavy atom. The third-order valence-corrected chi connectivity index (χ3v) is 3.26. The molecule has 0 spiro atoms. The number of hydrogen-bond acceptors (Lipinski definition) is 3. The Kier molecular flexibility index (Phi) is 5.63. The molecule has 2 aromatic rings. The van der Waals surface area contributed by atoms with E-state index < -0.39 is 0 Å². The van der Waals surface area contributed by atoms with Crippen molar-refractivity contribution in [3.05, 3.63) is 59.9 Å². The molecule has 0 saturated heterocycles. The van der Waals surface area contributed by atoms with Crippen LogP contribution in [0.4, 0.5) is 10.1 Å². The second-order valence-corrected chi connectivity index (χ2v) is 5.29. The summed E-state index contributed by atoms with van der Waals surface area (Å²) in [6.45, 7) is 0.302. The largest absolute Gasteiger partial charge is 0.489 e. The number of ether oxygens (including phenoxy) is 1. The number of carbonyl (C=O) groups is 1. The van der Waals surface area contributed by atoms with E-state index in [1.807, 2.05) is 6.26 Å². The van der Waals surface area contributed by atoms with Crippen molar-refractivity contribution in [3.63, 3.8) is 0 Å². The maximum Gasteiger partial charge on any atom is 0.234 e. The van der Waals surface area contributed by atoms with Gasteiger partial charge in [0, 0.05) is 5.69 Å². The van der Waals surface area contributed by atoms with Gasteiger partial charge in [-0.2, -0.15) is 11.8 Å². The number of hydrogen-bond donors (Lipinski definition) is 1. The van der Waals surface area contributed by atoms with Crippen molar-refractivity contribution in [1.29, 1.82) is 0 Å². The second kappa shape index (κ2) is 7.69. The molecule has 0 unspecified atom stereocenters. The van der Waals surface area contributed by atoms with Crippen LogP contribution in [0.15, 0.2) is 48.5 Å². The van der Waals surface area contributed by atoms with E-state index in [1.165, 1.54) is 23.9 Å². The van der Waals surface area contributed by atoms with Crippen molar-refractivity contribution in [2.75, 3.05) is 17.3 Å². The average Bonchev–Trinajstić information content (AvgIpc) is 2.47. The van der Waals surface area contributed by atoms with Crippen LogP contribution < -0.4 is 10.1 Å². The third-order valence-electron chi connectivity index (χ3n) is 2.71.